The van der Waals surface area contributed by atoms with Gasteiger partial charge in [0.2, 0.25) is 5.91 Å². The first kappa shape index (κ1) is 36.0. The van der Waals surface area contributed by atoms with Crippen LogP contribution in [0.5, 0.6) is 0 Å². The van der Waals surface area contributed by atoms with E-state index in [2.05, 4.69) is 60.0 Å². The summed E-state index contributed by atoms with van der Waals surface area (Å²) in [6.07, 6.45) is 2.78. The fourth-order valence-electron chi connectivity index (χ4n) is 7.19. The molecule has 0 spiro atoms. The SMILES string of the molecule is CNC(=O)CCC(C=O)N1Cc2cc(N3CC(N4CCN(c5cccc(SN6CCC(NC(=O)OC(C)(C)C)CC6)c5)CC4)C3)ccc2C1=O. The number of piperazine rings is 1. The van der Waals surface area contributed by atoms with Crippen LogP contribution in [0.25, 0.3) is 0 Å². The normalized spacial score (nSPS) is 19.9. The van der Waals surface area contributed by atoms with Crippen LogP contribution in [0.15, 0.2) is 47.4 Å². The van der Waals surface area contributed by atoms with Crippen LogP contribution in [0.3, 0.4) is 0 Å². The Morgan fingerprint density at radius 1 is 0.980 bits per heavy atom. The van der Waals surface area contributed by atoms with E-state index in [1.807, 2.05) is 32.9 Å². The van der Waals surface area contributed by atoms with Crippen LogP contribution < -0.4 is 20.4 Å². The highest BCUT2D eigenvalue weighted by molar-refractivity contribution is 7.97. The number of hydrogen-bond acceptors (Lipinski definition) is 10. The monoisotopic (exact) mass is 705 g/mol. The molecule has 4 aliphatic heterocycles. The molecule has 3 saturated heterocycles. The average Bonchev–Trinajstić information content (AvgIpc) is 3.40. The lowest BCUT2D eigenvalue weighted by Crippen LogP contribution is -2.63. The van der Waals surface area contributed by atoms with Crippen molar-refractivity contribution < 1.29 is 23.9 Å². The van der Waals surface area contributed by atoms with Crippen LogP contribution in [0.4, 0.5) is 16.2 Å². The summed E-state index contributed by atoms with van der Waals surface area (Å²) in [5.41, 5.74) is 3.47. The van der Waals surface area contributed by atoms with Gasteiger partial charge in [-0.1, -0.05) is 6.07 Å². The minimum atomic E-state index is -0.608. The molecule has 2 aromatic rings. The smallest absolute Gasteiger partial charge is 0.407 e. The van der Waals surface area contributed by atoms with Crippen molar-refractivity contribution in [2.45, 2.75) is 81.6 Å². The molecule has 6 rings (SSSR count). The van der Waals surface area contributed by atoms with E-state index in [9.17, 15) is 19.2 Å². The van der Waals surface area contributed by atoms with E-state index in [0.29, 0.717) is 24.6 Å². The molecule has 0 aromatic heterocycles. The summed E-state index contributed by atoms with van der Waals surface area (Å²) in [7, 11) is 1.57. The Kier molecular flexibility index (Phi) is 11.2. The average molecular weight is 706 g/mol. The fourth-order valence-corrected chi connectivity index (χ4v) is 8.19. The number of carbonyl (C=O) groups is 4. The zero-order valence-electron chi connectivity index (χ0n) is 29.7. The fraction of sp³-hybridized carbons (Fsp3) is 0.568. The first-order valence-corrected chi connectivity index (χ1v) is 18.6. The van der Waals surface area contributed by atoms with Crippen LogP contribution in [0.1, 0.15) is 62.4 Å². The van der Waals surface area contributed by atoms with E-state index in [1.165, 1.54) is 10.6 Å². The van der Waals surface area contributed by atoms with Gasteiger partial charge in [-0.3, -0.25) is 14.5 Å². The molecule has 3 fully saturated rings. The molecule has 3 amide bonds. The highest BCUT2D eigenvalue weighted by Crippen LogP contribution is 2.33. The first-order chi connectivity index (χ1) is 24.0. The second kappa shape index (κ2) is 15.6. The lowest BCUT2D eigenvalue weighted by atomic mass is 10.0. The molecule has 270 valence electrons. The molecular weight excluding hydrogens is 655 g/mol. The zero-order chi connectivity index (χ0) is 35.4. The second-order valence-electron chi connectivity index (χ2n) is 14.7. The summed E-state index contributed by atoms with van der Waals surface area (Å²) < 4.78 is 7.81. The van der Waals surface area contributed by atoms with Crippen molar-refractivity contribution in [2.24, 2.45) is 0 Å². The summed E-state index contributed by atoms with van der Waals surface area (Å²) in [6.45, 7) is 13.8. The highest BCUT2D eigenvalue weighted by atomic mass is 32.2. The number of piperidine rings is 1. The molecule has 1 unspecified atom stereocenters. The summed E-state index contributed by atoms with van der Waals surface area (Å²) >= 11 is 1.80. The molecule has 13 heteroatoms. The molecule has 50 heavy (non-hydrogen) atoms. The highest BCUT2D eigenvalue weighted by Gasteiger charge is 2.37. The standard InChI is InChI=1S/C37H51N7O5S/c1-37(2,3)49-36(48)39-27-12-14-43(15-13-27)50-32-7-5-6-28(21-32)40-16-18-41(19-17-40)31-23-42(24-31)29-8-10-33-26(20-29)22-44(35(33)47)30(25-45)9-11-34(46)38-4/h5-8,10,20-21,25,27,30-31H,9,11-19,22-24H2,1-4H3,(H,38,46)(H,39,48). The van der Waals surface area contributed by atoms with Gasteiger partial charge in [0.05, 0.1) is 6.04 Å². The van der Waals surface area contributed by atoms with E-state index >= 15 is 0 Å². The number of benzene rings is 2. The Labute approximate surface area is 300 Å². The van der Waals surface area contributed by atoms with Crippen molar-refractivity contribution >= 4 is 47.5 Å². The number of ether oxygens (including phenoxy) is 1. The Morgan fingerprint density at radius 2 is 1.70 bits per heavy atom. The predicted molar refractivity (Wildman–Crippen MR) is 196 cm³/mol. The Bertz CT molecular complexity index is 1540. The molecule has 0 radical (unpaired) electrons. The third kappa shape index (κ3) is 8.73. The van der Waals surface area contributed by atoms with Crippen molar-refractivity contribution in [3.05, 3.63) is 53.6 Å². The predicted octanol–water partition coefficient (Wildman–Crippen LogP) is 3.74. The molecule has 2 aromatic carbocycles. The van der Waals surface area contributed by atoms with Crippen LogP contribution >= 0.6 is 11.9 Å². The molecule has 12 nitrogen and oxygen atoms in total. The number of nitrogens with zero attached hydrogens (tertiary/aromatic N) is 5. The van der Waals surface area contributed by atoms with Gasteiger partial charge in [-0.2, -0.15) is 0 Å². The molecule has 4 heterocycles. The van der Waals surface area contributed by atoms with Crippen molar-refractivity contribution in [3.8, 4) is 0 Å². The van der Waals surface area contributed by atoms with Crippen LogP contribution in [-0.2, 0) is 20.9 Å². The number of aldehydes is 1. The third-order valence-electron chi connectivity index (χ3n) is 10.1. The number of carbonyl (C=O) groups excluding carboxylic acids is 4. The largest absolute Gasteiger partial charge is 0.444 e. The van der Waals surface area contributed by atoms with Crippen molar-refractivity contribution in [1.82, 2.24) is 24.7 Å². The van der Waals surface area contributed by atoms with Crippen molar-refractivity contribution in [1.29, 1.82) is 0 Å². The van der Waals surface area contributed by atoms with Crippen molar-refractivity contribution in [2.75, 3.05) is 69.2 Å². The maximum absolute atomic E-state index is 13.1. The summed E-state index contributed by atoms with van der Waals surface area (Å²) in [4.78, 5) is 59.0. The van der Waals surface area contributed by atoms with E-state index in [1.54, 1.807) is 23.9 Å². The van der Waals surface area contributed by atoms with Gasteiger partial charge in [0.25, 0.3) is 5.91 Å². The van der Waals surface area contributed by atoms with E-state index in [4.69, 9.17) is 4.74 Å². The molecule has 1 atom stereocenters. The zero-order valence-corrected chi connectivity index (χ0v) is 30.5. The number of anilines is 2. The van der Waals surface area contributed by atoms with Gasteiger partial charge in [-0.15, -0.1) is 0 Å². The van der Waals surface area contributed by atoms with Crippen molar-refractivity contribution in [3.63, 3.8) is 0 Å². The minimum Gasteiger partial charge on any atom is -0.444 e. The molecular formula is C37H51N7O5S. The number of hydrogen-bond donors (Lipinski definition) is 2. The van der Waals surface area contributed by atoms with E-state index in [-0.39, 0.29) is 30.4 Å². The maximum atomic E-state index is 13.1. The van der Waals surface area contributed by atoms with Gasteiger partial charge in [-0.25, -0.2) is 9.10 Å². The van der Waals surface area contributed by atoms with Crippen LogP contribution in [-0.4, -0.2) is 121 Å². The van der Waals surface area contributed by atoms with E-state index < -0.39 is 11.6 Å². The van der Waals surface area contributed by atoms with Gasteiger partial charge in [0.15, 0.2) is 0 Å². The van der Waals surface area contributed by atoms with Gasteiger partial charge in [-0.05, 0) is 93.9 Å². The molecule has 0 bridgehead atoms. The molecule has 0 saturated carbocycles. The second-order valence-corrected chi connectivity index (χ2v) is 15.9. The van der Waals surface area contributed by atoms with Gasteiger partial charge in [0, 0.05) is 106 Å². The minimum absolute atomic E-state index is 0.138. The van der Waals surface area contributed by atoms with Crippen LogP contribution in [0, 0.1) is 0 Å². The summed E-state index contributed by atoms with van der Waals surface area (Å²) in [5, 5.41) is 5.60. The number of nitrogens with one attached hydrogen (secondary N) is 2. The quantitative estimate of drug-likeness (QED) is 0.265. The lowest BCUT2D eigenvalue weighted by molar-refractivity contribution is -0.121. The van der Waals surface area contributed by atoms with E-state index in [0.717, 1.165) is 82.7 Å². The third-order valence-corrected chi connectivity index (χ3v) is 11.2. The Hall–Kier alpha value is -3.81. The first-order valence-electron chi connectivity index (χ1n) is 17.9. The molecule has 4 aliphatic rings. The Morgan fingerprint density at radius 3 is 2.38 bits per heavy atom. The summed E-state index contributed by atoms with van der Waals surface area (Å²) in [5.74, 6) is -0.278. The summed E-state index contributed by atoms with van der Waals surface area (Å²) in [6, 6.07) is 14.9. The number of alkyl carbamates (subject to hydrolysis) is 1. The lowest BCUT2D eigenvalue weighted by Gasteiger charge is -2.49. The Balaban J connectivity index is 0.936. The topological polar surface area (TPSA) is 118 Å². The number of rotatable bonds is 11. The number of amides is 3. The van der Waals surface area contributed by atoms with Gasteiger partial charge < -0.3 is 34.9 Å². The van der Waals surface area contributed by atoms with Crippen LogP contribution in [0.2, 0.25) is 0 Å². The molecule has 2 N–H and O–H groups in total. The maximum Gasteiger partial charge on any atom is 0.407 e. The van der Waals surface area contributed by atoms with Gasteiger partial charge >= 0.3 is 6.09 Å². The van der Waals surface area contributed by atoms with Gasteiger partial charge in [0.1, 0.15) is 11.9 Å². The number of fused-ring (bicyclic) bond motifs is 1. The molecule has 0 aliphatic carbocycles.